The Hall–Kier alpha value is -2.40. The van der Waals surface area contributed by atoms with E-state index in [4.69, 9.17) is 4.74 Å². The van der Waals surface area contributed by atoms with Crippen LogP contribution in [0.4, 0.5) is 11.5 Å². The van der Waals surface area contributed by atoms with Crippen molar-refractivity contribution in [2.24, 2.45) is 5.92 Å². The fourth-order valence-electron chi connectivity index (χ4n) is 4.79. The summed E-state index contributed by atoms with van der Waals surface area (Å²) in [6.45, 7) is 9.67. The first-order chi connectivity index (χ1) is 14.0. The van der Waals surface area contributed by atoms with Crippen molar-refractivity contribution in [2.45, 2.75) is 58.5 Å². The molecule has 0 bridgehead atoms. The molecule has 5 nitrogen and oxygen atoms in total. The molecule has 1 fully saturated rings. The summed E-state index contributed by atoms with van der Waals surface area (Å²) >= 11 is 0. The van der Waals surface area contributed by atoms with Crippen LogP contribution in [-0.2, 0) is 9.53 Å². The number of pyridine rings is 1. The highest BCUT2D eigenvalue weighted by Crippen LogP contribution is 2.44. The zero-order valence-corrected chi connectivity index (χ0v) is 17.8. The zero-order chi connectivity index (χ0) is 20.5. The minimum Gasteiger partial charge on any atom is -0.381 e. The maximum absolute atomic E-state index is 12.5. The molecule has 3 heterocycles. The van der Waals surface area contributed by atoms with Gasteiger partial charge in [-0.1, -0.05) is 25.1 Å². The van der Waals surface area contributed by atoms with Gasteiger partial charge in [-0.2, -0.15) is 0 Å². The van der Waals surface area contributed by atoms with Crippen LogP contribution in [0.15, 0.2) is 36.4 Å². The summed E-state index contributed by atoms with van der Waals surface area (Å²) in [7, 11) is 0. The van der Waals surface area contributed by atoms with E-state index in [1.807, 2.05) is 30.0 Å². The van der Waals surface area contributed by atoms with Crippen molar-refractivity contribution in [3.05, 3.63) is 53.2 Å². The van der Waals surface area contributed by atoms with E-state index < -0.39 is 0 Å². The van der Waals surface area contributed by atoms with Crippen LogP contribution in [0.2, 0.25) is 0 Å². The van der Waals surface area contributed by atoms with Gasteiger partial charge in [-0.05, 0) is 61.9 Å². The monoisotopic (exact) mass is 393 g/mol. The number of nitrogens with zero attached hydrogens (tertiary/aromatic N) is 2. The van der Waals surface area contributed by atoms with Crippen LogP contribution in [0.5, 0.6) is 0 Å². The molecule has 154 valence electrons. The Morgan fingerprint density at radius 3 is 2.62 bits per heavy atom. The lowest BCUT2D eigenvalue weighted by molar-refractivity contribution is -0.117. The van der Waals surface area contributed by atoms with Gasteiger partial charge in [0.1, 0.15) is 5.82 Å². The fourth-order valence-corrected chi connectivity index (χ4v) is 4.79. The minimum absolute atomic E-state index is 0.0940. The standard InChI is InChI=1S/C24H31N3O2/c1-15-6-5-7-23(25-15)26-24-16(2)17(3)27(18(4)28)22-9-8-20(14-21(22)24)19-10-12-29-13-11-19/h5-9,14,16-17,19,24H,10-13H2,1-4H3,(H,25,26)/t16?,17-,24?/m0/s1. The molecular weight excluding hydrogens is 362 g/mol. The Balaban J connectivity index is 1.76. The number of aromatic nitrogens is 1. The number of ether oxygens (including phenoxy) is 1. The molecule has 2 aromatic rings. The number of hydrogen-bond acceptors (Lipinski definition) is 4. The normalized spacial score (nSPS) is 24.8. The van der Waals surface area contributed by atoms with Crippen LogP contribution in [0.1, 0.15) is 62.4 Å². The molecule has 2 aliphatic heterocycles. The van der Waals surface area contributed by atoms with E-state index in [2.05, 4.69) is 42.3 Å². The number of anilines is 2. The number of carbonyl (C=O) groups excluding carboxylic acids is 1. The van der Waals surface area contributed by atoms with Gasteiger partial charge < -0.3 is 15.0 Å². The summed E-state index contributed by atoms with van der Waals surface area (Å²) in [6.07, 6.45) is 2.11. The molecule has 0 saturated carbocycles. The third kappa shape index (κ3) is 3.88. The zero-order valence-electron chi connectivity index (χ0n) is 17.8. The average Bonchev–Trinajstić information content (AvgIpc) is 2.72. The second kappa shape index (κ2) is 8.15. The molecule has 29 heavy (non-hydrogen) atoms. The van der Waals surface area contributed by atoms with Crippen molar-refractivity contribution in [3.8, 4) is 0 Å². The van der Waals surface area contributed by atoms with E-state index in [9.17, 15) is 4.79 Å². The van der Waals surface area contributed by atoms with Gasteiger partial charge in [0.05, 0.1) is 6.04 Å². The molecule has 2 aliphatic rings. The Kier molecular flexibility index (Phi) is 5.59. The second-order valence-corrected chi connectivity index (χ2v) is 8.48. The molecule has 1 saturated heterocycles. The number of fused-ring (bicyclic) bond motifs is 1. The van der Waals surface area contributed by atoms with Crippen molar-refractivity contribution < 1.29 is 9.53 Å². The third-order valence-corrected chi connectivity index (χ3v) is 6.56. The number of aryl methyl sites for hydroxylation is 1. The van der Waals surface area contributed by atoms with Gasteiger partial charge in [0.15, 0.2) is 0 Å². The van der Waals surface area contributed by atoms with Crippen LogP contribution in [-0.4, -0.2) is 30.1 Å². The largest absolute Gasteiger partial charge is 0.381 e. The SMILES string of the molecule is CC(=O)N1c2ccc(C3CCOCC3)cc2C(Nc2cccc(C)n2)C(C)[C@@H]1C. The maximum Gasteiger partial charge on any atom is 0.224 e. The van der Waals surface area contributed by atoms with Gasteiger partial charge in [-0.3, -0.25) is 4.79 Å². The Labute approximate surface area is 173 Å². The summed E-state index contributed by atoms with van der Waals surface area (Å²) in [4.78, 5) is 19.1. The van der Waals surface area contributed by atoms with Gasteiger partial charge in [-0.15, -0.1) is 0 Å². The van der Waals surface area contributed by atoms with Gasteiger partial charge >= 0.3 is 0 Å². The van der Waals surface area contributed by atoms with Crippen LogP contribution < -0.4 is 10.2 Å². The smallest absolute Gasteiger partial charge is 0.224 e. The van der Waals surface area contributed by atoms with E-state index >= 15 is 0 Å². The predicted molar refractivity (Wildman–Crippen MR) is 116 cm³/mol. The van der Waals surface area contributed by atoms with Crippen LogP contribution in [0, 0.1) is 12.8 Å². The highest BCUT2D eigenvalue weighted by Gasteiger charge is 2.38. The number of benzene rings is 1. The molecule has 1 N–H and O–H groups in total. The average molecular weight is 394 g/mol. The molecule has 0 spiro atoms. The number of amides is 1. The predicted octanol–water partition coefficient (Wildman–Crippen LogP) is 4.83. The van der Waals surface area contributed by atoms with Crippen molar-refractivity contribution in [2.75, 3.05) is 23.4 Å². The first-order valence-corrected chi connectivity index (χ1v) is 10.7. The summed E-state index contributed by atoms with van der Waals surface area (Å²) in [5.41, 5.74) is 4.55. The van der Waals surface area contributed by atoms with E-state index in [1.165, 1.54) is 11.1 Å². The summed E-state index contributed by atoms with van der Waals surface area (Å²) in [5.74, 6) is 1.75. The number of nitrogens with one attached hydrogen (secondary N) is 1. The lowest BCUT2D eigenvalue weighted by Gasteiger charge is -2.44. The van der Waals surface area contributed by atoms with Crippen LogP contribution in [0.25, 0.3) is 0 Å². The molecule has 1 aromatic heterocycles. The molecule has 1 amide bonds. The van der Waals surface area contributed by atoms with E-state index in [0.717, 1.165) is 43.3 Å². The lowest BCUT2D eigenvalue weighted by Crippen LogP contribution is -2.48. The lowest BCUT2D eigenvalue weighted by atomic mass is 9.80. The highest BCUT2D eigenvalue weighted by atomic mass is 16.5. The maximum atomic E-state index is 12.5. The summed E-state index contributed by atoms with van der Waals surface area (Å²) < 4.78 is 5.55. The van der Waals surface area contributed by atoms with Crippen molar-refractivity contribution in [1.29, 1.82) is 0 Å². The van der Waals surface area contributed by atoms with Gasteiger partial charge in [0, 0.05) is 43.5 Å². The van der Waals surface area contributed by atoms with Gasteiger partial charge in [-0.25, -0.2) is 4.98 Å². The molecular formula is C24H31N3O2. The van der Waals surface area contributed by atoms with E-state index in [1.54, 1.807) is 6.92 Å². The van der Waals surface area contributed by atoms with Crippen molar-refractivity contribution in [3.63, 3.8) is 0 Å². The number of rotatable bonds is 3. The second-order valence-electron chi connectivity index (χ2n) is 8.48. The summed E-state index contributed by atoms with van der Waals surface area (Å²) in [6, 6.07) is 12.9. The number of hydrogen-bond donors (Lipinski definition) is 1. The minimum atomic E-state index is 0.0940. The molecule has 0 radical (unpaired) electrons. The fraction of sp³-hybridized carbons (Fsp3) is 0.500. The van der Waals surface area contributed by atoms with Crippen LogP contribution >= 0.6 is 0 Å². The van der Waals surface area contributed by atoms with Crippen molar-refractivity contribution >= 4 is 17.4 Å². The van der Waals surface area contributed by atoms with E-state index in [-0.39, 0.29) is 23.9 Å². The third-order valence-electron chi connectivity index (χ3n) is 6.56. The van der Waals surface area contributed by atoms with Crippen LogP contribution in [0.3, 0.4) is 0 Å². The number of carbonyl (C=O) groups is 1. The molecule has 2 unspecified atom stereocenters. The first kappa shape index (κ1) is 19.9. The van der Waals surface area contributed by atoms with Crippen molar-refractivity contribution in [1.82, 2.24) is 4.98 Å². The topological polar surface area (TPSA) is 54.5 Å². The first-order valence-electron chi connectivity index (χ1n) is 10.7. The molecule has 5 heteroatoms. The quantitative estimate of drug-likeness (QED) is 0.812. The Bertz CT molecular complexity index is 891. The molecule has 0 aliphatic carbocycles. The van der Waals surface area contributed by atoms with E-state index in [0.29, 0.717) is 5.92 Å². The Morgan fingerprint density at radius 2 is 1.93 bits per heavy atom. The van der Waals surface area contributed by atoms with Gasteiger partial charge in [0.2, 0.25) is 5.91 Å². The molecule has 1 aromatic carbocycles. The summed E-state index contributed by atoms with van der Waals surface area (Å²) in [5, 5.41) is 3.67. The Morgan fingerprint density at radius 1 is 1.17 bits per heavy atom. The molecule has 3 atom stereocenters. The highest BCUT2D eigenvalue weighted by molar-refractivity contribution is 5.94. The van der Waals surface area contributed by atoms with Gasteiger partial charge in [0.25, 0.3) is 0 Å². The molecule has 4 rings (SSSR count).